The fraction of sp³-hybridized carbons (Fsp3) is 0.125. The van der Waals surface area contributed by atoms with Crippen LogP contribution in [-0.4, -0.2) is 16.0 Å². The summed E-state index contributed by atoms with van der Waals surface area (Å²) in [6.45, 7) is -0.218. The number of hydrogen-bond acceptors (Lipinski definition) is 3. The van der Waals surface area contributed by atoms with E-state index in [1.54, 1.807) is 6.07 Å². The second-order valence-corrected chi connectivity index (χ2v) is 2.42. The highest BCUT2D eigenvalue weighted by molar-refractivity contribution is 5.95. The monoisotopic (exact) mass is 166 g/mol. The number of nitrogens with two attached hydrogens (primary N) is 1. The van der Waals surface area contributed by atoms with Crippen LogP contribution in [0.25, 0.3) is 0 Å². The first-order chi connectivity index (χ1) is 5.65. The Labute approximate surface area is 69.8 Å². The molecule has 64 valence electrons. The molecule has 4 heteroatoms. The molecule has 1 aromatic rings. The van der Waals surface area contributed by atoms with Gasteiger partial charge in [0.1, 0.15) is 11.6 Å². The lowest BCUT2D eigenvalue weighted by Gasteiger charge is -2.02. The van der Waals surface area contributed by atoms with Crippen molar-refractivity contribution in [3.8, 4) is 5.75 Å². The predicted molar refractivity (Wildman–Crippen MR) is 45.0 cm³/mol. The SMILES string of the molecule is N=C(N)c1ccc(CO)c(O)c1. The molecule has 0 unspecified atom stereocenters. The van der Waals surface area contributed by atoms with E-state index < -0.39 is 0 Å². The highest BCUT2D eigenvalue weighted by atomic mass is 16.3. The van der Waals surface area contributed by atoms with Crippen molar-refractivity contribution < 1.29 is 10.2 Å². The van der Waals surface area contributed by atoms with E-state index in [9.17, 15) is 5.11 Å². The third-order valence-electron chi connectivity index (χ3n) is 1.57. The largest absolute Gasteiger partial charge is 0.508 e. The Hall–Kier alpha value is -1.55. The van der Waals surface area contributed by atoms with Crippen molar-refractivity contribution in [2.24, 2.45) is 5.73 Å². The zero-order chi connectivity index (χ0) is 9.14. The van der Waals surface area contributed by atoms with Crippen LogP contribution in [0.15, 0.2) is 18.2 Å². The third-order valence-corrected chi connectivity index (χ3v) is 1.57. The average molecular weight is 166 g/mol. The molecule has 0 aliphatic carbocycles. The Bertz CT molecular complexity index is 310. The molecule has 0 bridgehead atoms. The van der Waals surface area contributed by atoms with Crippen molar-refractivity contribution in [2.45, 2.75) is 6.61 Å². The number of aliphatic hydroxyl groups is 1. The van der Waals surface area contributed by atoms with Crippen molar-refractivity contribution in [2.75, 3.05) is 0 Å². The zero-order valence-electron chi connectivity index (χ0n) is 6.41. The lowest BCUT2D eigenvalue weighted by atomic mass is 10.1. The number of benzene rings is 1. The molecule has 12 heavy (non-hydrogen) atoms. The van der Waals surface area contributed by atoms with Crippen LogP contribution in [0.2, 0.25) is 0 Å². The van der Waals surface area contributed by atoms with Gasteiger partial charge in [-0.05, 0) is 6.07 Å². The average Bonchev–Trinajstić information content (AvgIpc) is 2.04. The number of aliphatic hydroxyl groups excluding tert-OH is 1. The topological polar surface area (TPSA) is 90.3 Å². The van der Waals surface area contributed by atoms with Gasteiger partial charge in [0.2, 0.25) is 0 Å². The van der Waals surface area contributed by atoms with Crippen molar-refractivity contribution in [1.29, 1.82) is 5.41 Å². The lowest BCUT2D eigenvalue weighted by Crippen LogP contribution is -2.10. The summed E-state index contributed by atoms with van der Waals surface area (Å²) in [5.74, 6) is -0.139. The van der Waals surface area contributed by atoms with Gasteiger partial charge < -0.3 is 15.9 Å². The van der Waals surface area contributed by atoms with Crippen molar-refractivity contribution in [1.82, 2.24) is 0 Å². The van der Waals surface area contributed by atoms with Gasteiger partial charge in [0.05, 0.1) is 6.61 Å². The fourth-order valence-electron chi connectivity index (χ4n) is 0.865. The molecule has 0 heterocycles. The maximum Gasteiger partial charge on any atom is 0.122 e. The highest BCUT2D eigenvalue weighted by Crippen LogP contribution is 2.17. The van der Waals surface area contributed by atoms with E-state index in [0.717, 1.165) is 0 Å². The van der Waals surface area contributed by atoms with E-state index in [1.807, 2.05) is 0 Å². The highest BCUT2D eigenvalue weighted by Gasteiger charge is 2.02. The van der Waals surface area contributed by atoms with Crippen molar-refractivity contribution in [3.63, 3.8) is 0 Å². The van der Waals surface area contributed by atoms with Gasteiger partial charge in [-0.15, -0.1) is 0 Å². The number of hydrogen-bond donors (Lipinski definition) is 4. The molecule has 5 N–H and O–H groups in total. The van der Waals surface area contributed by atoms with Gasteiger partial charge in [-0.1, -0.05) is 12.1 Å². The molecule has 1 rings (SSSR count). The van der Waals surface area contributed by atoms with Crippen LogP contribution in [0.5, 0.6) is 5.75 Å². The molecule has 0 spiro atoms. The van der Waals surface area contributed by atoms with Crippen LogP contribution in [0, 0.1) is 5.41 Å². The number of rotatable bonds is 2. The predicted octanol–water partition coefficient (Wildman–Crippen LogP) is 0.169. The summed E-state index contributed by atoms with van der Waals surface area (Å²) >= 11 is 0. The normalized spacial score (nSPS) is 9.75. The first-order valence-corrected chi connectivity index (χ1v) is 3.42. The molecule has 0 saturated carbocycles. The van der Waals surface area contributed by atoms with Gasteiger partial charge in [-0.25, -0.2) is 0 Å². The molecular weight excluding hydrogens is 156 g/mol. The zero-order valence-corrected chi connectivity index (χ0v) is 6.41. The molecule has 0 aliphatic rings. The Balaban J connectivity index is 3.10. The van der Waals surface area contributed by atoms with Crippen LogP contribution in [0.4, 0.5) is 0 Å². The first kappa shape index (κ1) is 8.55. The minimum absolute atomic E-state index is 0.0369. The molecule has 0 atom stereocenters. The molecule has 0 saturated heterocycles. The second kappa shape index (κ2) is 3.23. The number of amidine groups is 1. The Morgan fingerprint density at radius 1 is 1.50 bits per heavy atom. The van der Waals surface area contributed by atoms with Crippen LogP contribution in [-0.2, 0) is 6.61 Å². The minimum Gasteiger partial charge on any atom is -0.508 e. The van der Waals surface area contributed by atoms with Crippen LogP contribution < -0.4 is 5.73 Å². The molecule has 0 amide bonds. The number of nitrogen functional groups attached to an aromatic ring is 1. The van der Waals surface area contributed by atoms with E-state index >= 15 is 0 Å². The molecule has 0 aromatic heterocycles. The van der Waals surface area contributed by atoms with Gasteiger partial charge in [-0.2, -0.15) is 0 Å². The smallest absolute Gasteiger partial charge is 0.122 e. The molecule has 0 aliphatic heterocycles. The van der Waals surface area contributed by atoms with Crippen LogP contribution in [0.1, 0.15) is 11.1 Å². The Kier molecular flexibility index (Phi) is 2.30. The summed E-state index contributed by atoms with van der Waals surface area (Å²) in [6.07, 6.45) is 0. The van der Waals surface area contributed by atoms with E-state index in [0.29, 0.717) is 11.1 Å². The summed E-state index contributed by atoms with van der Waals surface area (Å²) in [5.41, 5.74) is 6.06. The van der Waals surface area contributed by atoms with Gasteiger partial charge in [0.15, 0.2) is 0 Å². The molecule has 0 radical (unpaired) electrons. The fourth-order valence-corrected chi connectivity index (χ4v) is 0.865. The summed E-state index contributed by atoms with van der Waals surface area (Å²) in [6, 6.07) is 4.47. The number of nitrogens with one attached hydrogen (secondary N) is 1. The number of phenols is 1. The van der Waals surface area contributed by atoms with E-state index in [1.165, 1.54) is 12.1 Å². The lowest BCUT2D eigenvalue weighted by molar-refractivity contribution is 0.275. The summed E-state index contributed by atoms with van der Waals surface area (Å²) in [7, 11) is 0. The van der Waals surface area contributed by atoms with E-state index in [-0.39, 0.29) is 18.2 Å². The third kappa shape index (κ3) is 1.54. The minimum atomic E-state index is -0.218. The summed E-state index contributed by atoms with van der Waals surface area (Å²) in [5, 5.41) is 25.0. The standard InChI is InChI=1S/C8H10N2O2/c9-8(10)5-1-2-6(4-11)7(12)3-5/h1-3,11-12H,4H2,(H3,9,10). The van der Waals surface area contributed by atoms with Gasteiger partial charge in [0, 0.05) is 11.1 Å². The second-order valence-electron chi connectivity index (χ2n) is 2.42. The van der Waals surface area contributed by atoms with Crippen molar-refractivity contribution >= 4 is 5.84 Å². The van der Waals surface area contributed by atoms with E-state index in [4.69, 9.17) is 16.2 Å². The Morgan fingerprint density at radius 2 is 2.17 bits per heavy atom. The van der Waals surface area contributed by atoms with Crippen LogP contribution in [0.3, 0.4) is 0 Å². The maximum atomic E-state index is 9.23. The quantitative estimate of drug-likeness (QED) is 0.373. The van der Waals surface area contributed by atoms with E-state index in [2.05, 4.69) is 0 Å². The van der Waals surface area contributed by atoms with Gasteiger partial charge >= 0.3 is 0 Å². The molecule has 1 aromatic carbocycles. The van der Waals surface area contributed by atoms with Crippen molar-refractivity contribution in [3.05, 3.63) is 29.3 Å². The van der Waals surface area contributed by atoms with Crippen LogP contribution >= 0.6 is 0 Å². The van der Waals surface area contributed by atoms with Gasteiger partial charge in [-0.3, -0.25) is 5.41 Å². The first-order valence-electron chi connectivity index (χ1n) is 3.42. The molecular formula is C8H10N2O2. The molecule has 0 fully saturated rings. The van der Waals surface area contributed by atoms with Gasteiger partial charge in [0.25, 0.3) is 0 Å². The molecule has 4 nitrogen and oxygen atoms in total. The Morgan fingerprint density at radius 3 is 2.58 bits per heavy atom. The summed E-state index contributed by atoms with van der Waals surface area (Å²) in [4.78, 5) is 0. The number of aromatic hydroxyl groups is 1. The summed E-state index contributed by atoms with van der Waals surface area (Å²) < 4.78 is 0. The maximum absolute atomic E-state index is 9.23.